The lowest BCUT2D eigenvalue weighted by atomic mass is 9.78. The minimum absolute atomic E-state index is 0.0795. The summed E-state index contributed by atoms with van der Waals surface area (Å²) in [7, 11) is 0. The number of hydrogen-bond acceptors (Lipinski definition) is 5. The molecule has 0 radical (unpaired) electrons. The lowest BCUT2D eigenvalue weighted by Gasteiger charge is -2.39. The molecule has 2 aliphatic heterocycles. The summed E-state index contributed by atoms with van der Waals surface area (Å²) >= 11 is 1.61. The first-order chi connectivity index (χ1) is 12.7. The molecule has 0 aliphatic carbocycles. The van der Waals surface area contributed by atoms with Crippen molar-refractivity contribution in [2.24, 2.45) is 5.41 Å². The highest BCUT2D eigenvalue weighted by Gasteiger charge is 2.38. The van der Waals surface area contributed by atoms with Gasteiger partial charge in [0, 0.05) is 25.0 Å². The van der Waals surface area contributed by atoms with Gasteiger partial charge in [-0.25, -0.2) is 4.98 Å². The Morgan fingerprint density at radius 1 is 1.31 bits per heavy atom. The van der Waals surface area contributed by atoms with Gasteiger partial charge in [0.05, 0.1) is 16.3 Å². The molecule has 138 valence electrons. The van der Waals surface area contributed by atoms with E-state index in [1.165, 1.54) is 6.42 Å². The van der Waals surface area contributed by atoms with Gasteiger partial charge in [0.15, 0.2) is 0 Å². The van der Waals surface area contributed by atoms with Crippen LogP contribution in [0.5, 0.6) is 5.75 Å². The highest BCUT2D eigenvalue weighted by Crippen LogP contribution is 2.37. The Morgan fingerprint density at radius 2 is 2.12 bits per heavy atom. The zero-order chi connectivity index (χ0) is 18.0. The number of rotatable bonds is 4. The van der Waals surface area contributed by atoms with Crippen molar-refractivity contribution in [3.63, 3.8) is 0 Å². The van der Waals surface area contributed by atoms with Crippen LogP contribution in [-0.4, -0.2) is 42.0 Å². The molecule has 1 aromatic carbocycles. The molecule has 0 bridgehead atoms. The Bertz CT molecular complexity index is 773. The van der Waals surface area contributed by atoms with Gasteiger partial charge in [0.1, 0.15) is 12.4 Å². The van der Waals surface area contributed by atoms with Gasteiger partial charge in [-0.3, -0.25) is 4.79 Å². The number of carbonyl (C=O) groups is 1. The summed E-state index contributed by atoms with van der Waals surface area (Å²) in [6, 6.07) is 7.55. The van der Waals surface area contributed by atoms with Crippen LogP contribution in [0.15, 0.2) is 29.6 Å². The number of piperidine rings is 1. The number of likely N-dealkylation sites (tertiary alicyclic amines) is 1. The summed E-state index contributed by atoms with van der Waals surface area (Å²) in [5.41, 5.74) is 1.97. The molecule has 1 aromatic heterocycles. The Kier molecular flexibility index (Phi) is 4.96. The van der Waals surface area contributed by atoms with Gasteiger partial charge < -0.3 is 15.0 Å². The molecule has 0 atom stereocenters. The van der Waals surface area contributed by atoms with E-state index < -0.39 is 0 Å². The normalized spacial score (nSPS) is 19.0. The van der Waals surface area contributed by atoms with Crippen LogP contribution in [0.1, 0.15) is 40.3 Å². The fraction of sp³-hybridized carbons (Fsp3) is 0.500. The number of aromatic nitrogens is 1. The third-order valence-corrected chi connectivity index (χ3v) is 6.43. The topological polar surface area (TPSA) is 54.5 Å². The molecule has 2 fully saturated rings. The van der Waals surface area contributed by atoms with Gasteiger partial charge in [-0.15, -0.1) is 11.3 Å². The largest absolute Gasteiger partial charge is 0.486 e. The van der Waals surface area contributed by atoms with E-state index in [1.54, 1.807) is 11.3 Å². The number of thiazole rings is 1. The van der Waals surface area contributed by atoms with Gasteiger partial charge in [0.2, 0.25) is 0 Å². The van der Waals surface area contributed by atoms with E-state index in [9.17, 15) is 4.79 Å². The Morgan fingerprint density at radius 3 is 2.81 bits per heavy atom. The van der Waals surface area contributed by atoms with Crippen LogP contribution in [-0.2, 0) is 6.61 Å². The smallest absolute Gasteiger partial charge is 0.257 e. The third-order valence-electron chi connectivity index (χ3n) is 5.60. The number of aryl methyl sites for hydroxylation is 1. The number of benzene rings is 1. The van der Waals surface area contributed by atoms with Crippen molar-refractivity contribution in [2.45, 2.75) is 32.8 Å². The van der Waals surface area contributed by atoms with Crippen molar-refractivity contribution in [1.29, 1.82) is 0 Å². The van der Waals surface area contributed by atoms with Crippen LogP contribution < -0.4 is 10.1 Å². The van der Waals surface area contributed by atoms with Crippen molar-refractivity contribution in [3.8, 4) is 5.75 Å². The van der Waals surface area contributed by atoms with E-state index >= 15 is 0 Å². The van der Waals surface area contributed by atoms with E-state index in [0.29, 0.717) is 23.3 Å². The van der Waals surface area contributed by atoms with Crippen LogP contribution >= 0.6 is 11.3 Å². The van der Waals surface area contributed by atoms with E-state index in [4.69, 9.17) is 4.74 Å². The molecule has 0 unspecified atom stereocenters. The highest BCUT2D eigenvalue weighted by molar-refractivity contribution is 7.09. The first-order valence-corrected chi connectivity index (χ1v) is 10.2. The molecule has 4 rings (SSSR count). The van der Waals surface area contributed by atoms with E-state index in [0.717, 1.165) is 49.7 Å². The molecule has 5 nitrogen and oxygen atoms in total. The second-order valence-electron chi connectivity index (χ2n) is 7.36. The number of ether oxygens (including phenoxy) is 1. The fourth-order valence-electron chi connectivity index (χ4n) is 3.97. The molecule has 3 heterocycles. The highest BCUT2D eigenvalue weighted by atomic mass is 32.1. The van der Waals surface area contributed by atoms with Crippen LogP contribution in [0.3, 0.4) is 0 Å². The Labute approximate surface area is 158 Å². The summed E-state index contributed by atoms with van der Waals surface area (Å²) in [5.74, 6) is 0.724. The molecular formula is C20H25N3O2S. The molecule has 6 heteroatoms. The number of amides is 1. The van der Waals surface area contributed by atoms with E-state index in [2.05, 4.69) is 10.3 Å². The Hall–Kier alpha value is -1.92. The van der Waals surface area contributed by atoms with Gasteiger partial charge in [0.25, 0.3) is 5.91 Å². The molecule has 2 saturated heterocycles. The maximum Gasteiger partial charge on any atom is 0.257 e. The number of nitrogens with zero attached hydrogens (tertiary/aromatic N) is 2. The van der Waals surface area contributed by atoms with Crippen molar-refractivity contribution in [3.05, 3.63) is 45.9 Å². The maximum absolute atomic E-state index is 13.1. The van der Waals surface area contributed by atoms with E-state index in [-0.39, 0.29) is 5.91 Å². The molecule has 1 spiro atoms. The summed E-state index contributed by atoms with van der Waals surface area (Å²) in [6.07, 6.45) is 3.42. The summed E-state index contributed by atoms with van der Waals surface area (Å²) in [6.45, 7) is 6.25. The monoisotopic (exact) mass is 371 g/mol. The van der Waals surface area contributed by atoms with Gasteiger partial charge >= 0.3 is 0 Å². The molecule has 1 N–H and O–H groups in total. The third kappa shape index (κ3) is 3.62. The first kappa shape index (κ1) is 17.5. The van der Waals surface area contributed by atoms with Crippen LogP contribution in [0.25, 0.3) is 0 Å². The summed E-state index contributed by atoms with van der Waals surface area (Å²) < 4.78 is 5.93. The predicted molar refractivity (Wildman–Crippen MR) is 103 cm³/mol. The summed E-state index contributed by atoms with van der Waals surface area (Å²) in [5, 5.41) is 6.50. The van der Waals surface area contributed by atoms with E-state index in [1.807, 2.05) is 41.5 Å². The standard InChI is InChI=1S/C20H25N3O2S/c1-15-22-16(13-26-15)12-25-18-5-3-2-4-17(18)19(24)23-10-7-20(8-11-23)6-9-21-14-20/h2-5,13,21H,6-12,14H2,1H3. The molecule has 1 amide bonds. The molecular weight excluding hydrogens is 346 g/mol. The van der Waals surface area contributed by atoms with Crippen molar-refractivity contribution in [1.82, 2.24) is 15.2 Å². The lowest BCUT2D eigenvalue weighted by Crippen LogP contribution is -2.44. The van der Waals surface area contributed by atoms with Gasteiger partial charge in [-0.1, -0.05) is 12.1 Å². The predicted octanol–water partition coefficient (Wildman–Crippen LogP) is 3.25. The summed E-state index contributed by atoms with van der Waals surface area (Å²) in [4.78, 5) is 19.5. The van der Waals surface area contributed by atoms with Gasteiger partial charge in [-0.2, -0.15) is 0 Å². The number of carbonyl (C=O) groups excluding carboxylic acids is 1. The second kappa shape index (κ2) is 7.37. The van der Waals surface area contributed by atoms with Crippen LogP contribution in [0.4, 0.5) is 0 Å². The number of hydrogen-bond donors (Lipinski definition) is 1. The zero-order valence-corrected chi connectivity index (χ0v) is 16.0. The average Bonchev–Trinajstić information content (AvgIpc) is 3.29. The maximum atomic E-state index is 13.1. The van der Waals surface area contributed by atoms with Crippen molar-refractivity contribution in [2.75, 3.05) is 26.2 Å². The molecule has 2 aromatic rings. The van der Waals surface area contributed by atoms with Crippen molar-refractivity contribution >= 4 is 17.2 Å². The van der Waals surface area contributed by atoms with Gasteiger partial charge in [-0.05, 0) is 50.3 Å². The zero-order valence-electron chi connectivity index (χ0n) is 15.2. The fourth-order valence-corrected chi connectivity index (χ4v) is 4.57. The second-order valence-corrected chi connectivity index (χ2v) is 8.42. The lowest BCUT2D eigenvalue weighted by molar-refractivity contribution is 0.0603. The van der Waals surface area contributed by atoms with Crippen LogP contribution in [0.2, 0.25) is 0 Å². The number of para-hydroxylation sites is 1. The minimum atomic E-state index is 0.0795. The SMILES string of the molecule is Cc1nc(COc2ccccc2C(=O)N2CCC3(CCNC3)CC2)cs1. The van der Waals surface area contributed by atoms with Crippen LogP contribution in [0, 0.1) is 12.3 Å². The average molecular weight is 372 g/mol. The quantitative estimate of drug-likeness (QED) is 0.896. The Balaban J connectivity index is 1.43. The molecule has 2 aliphatic rings. The first-order valence-electron chi connectivity index (χ1n) is 9.28. The number of nitrogens with one attached hydrogen (secondary N) is 1. The minimum Gasteiger partial charge on any atom is -0.486 e. The molecule has 26 heavy (non-hydrogen) atoms. The van der Waals surface area contributed by atoms with Crippen molar-refractivity contribution < 1.29 is 9.53 Å². The molecule has 0 saturated carbocycles.